The molecule has 2 atom stereocenters. The molecule has 2 aromatic rings. The van der Waals surface area contributed by atoms with Crippen LogP contribution in [0.25, 0.3) is 5.57 Å². The Kier molecular flexibility index (Phi) is 2.16. The van der Waals surface area contributed by atoms with E-state index in [0.717, 1.165) is 0 Å². The summed E-state index contributed by atoms with van der Waals surface area (Å²) in [6.45, 7) is 4.67. The van der Waals surface area contributed by atoms with Gasteiger partial charge in [-0.2, -0.15) is 0 Å². The van der Waals surface area contributed by atoms with Crippen LogP contribution in [-0.2, 0) is 5.41 Å². The van der Waals surface area contributed by atoms with Gasteiger partial charge in [0, 0.05) is 35.0 Å². The number of nitrogens with zero attached hydrogens (tertiary/aromatic N) is 1. The van der Waals surface area contributed by atoms with E-state index in [4.69, 9.17) is 0 Å². The summed E-state index contributed by atoms with van der Waals surface area (Å²) < 4.78 is 0. The molecule has 1 aromatic heterocycles. The van der Waals surface area contributed by atoms with Crippen molar-refractivity contribution < 1.29 is 0 Å². The van der Waals surface area contributed by atoms with Gasteiger partial charge in [0.15, 0.2) is 0 Å². The van der Waals surface area contributed by atoms with Crippen molar-refractivity contribution in [1.29, 1.82) is 0 Å². The van der Waals surface area contributed by atoms with Gasteiger partial charge in [-0.1, -0.05) is 50.3 Å². The molecule has 0 saturated heterocycles. The maximum atomic E-state index is 4.32. The summed E-state index contributed by atoms with van der Waals surface area (Å²) >= 11 is 0. The molecule has 0 saturated carbocycles. The van der Waals surface area contributed by atoms with Crippen molar-refractivity contribution >= 4 is 11.3 Å². The third-order valence-corrected chi connectivity index (χ3v) is 5.47. The first-order chi connectivity index (χ1) is 10.7. The van der Waals surface area contributed by atoms with Crippen molar-refractivity contribution in [2.24, 2.45) is 0 Å². The highest BCUT2D eigenvalue weighted by Gasteiger charge is 2.43. The molecule has 2 heterocycles. The molecule has 0 bridgehead atoms. The van der Waals surface area contributed by atoms with E-state index in [1.54, 1.807) is 0 Å². The first kappa shape index (κ1) is 12.2. The summed E-state index contributed by atoms with van der Waals surface area (Å²) in [4.78, 5) is 4.32. The van der Waals surface area contributed by atoms with Gasteiger partial charge in [-0.15, -0.1) is 0 Å². The molecule has 1 aromatic carbocycles. The monoisotopic (exact) mass is 286 g/mol. The Bertz CT molecular complexity index is 858. The fourth-order valence-corrected chi connectivity index (χ4v) is 4.33. The number of hydrogen-bond donors (Lipinski definition) is 1. The lowest BCUT2D eigenvalue weighted by molar-refractivity contribution is 0.646. The van der Waals surface area contributed by atoms with Gasteiger partial charge in [-0.25, -0.2) is 0 Å². The maximum Gasteiger partial charge on any atom is 0.0555 e. The predicted octanol–water partition coefficient (Wildman–Crippen LogP) is 4.27. The van der Waals surface area contributed by atoms with Crippen LogP contribution in [-0.4, -0.2) is 11.0 Å². The fraction of sp³-hybridized carbons (Fsp3) is 0.250. The number of rotatable bonds is 0. The molecule has 0 fully saturated rings. The van der Waals surface area contributed by atoms with E-state index in [1.165, 1.54) is 33.5 Å². The summed E-state index contributed by atoms with van der Waals surface area (Å²) in [5, 5.41) is 3.65. The number of allylic oxidation sites excluding steroid dienone is 2. The largest absolute Gasteiger partial charge is 0.378 e. The molecule has 1 N–H and O–H groups in total. The number of benzene rings is 1. The van der Waals surface area contributed by atoms with Gasteiger partial charge in [-0.05, 0) is 28.3 Å². The lowest BCUT2D eigenvalue weighted by atomic mass is 9.77. The summed E-state index contributed by atoms with van der Waals surface area (Å²) in [6.07, 6.45) is 8.77. The SMILES string of the molecule is CC1(C)C2=CC3Nc4ccncc4C3C=C2c2ccccc21. The number of pyridine rings is 1. The Balaban J connectivity index is 1.74. The Labute approximate surface area is 130 Å². The second-order valence-electron chi connectivity index (χ2n) is 6.99. The van der Waals surface area contributed by atoms with Gasteiger partial charge in [0.1, 0.15) is 0 Å². The standard InChI is InChI=1S/C20H18N2/c1-20(2)16-6-4-3-5-12(16)13-9-14-15-11-21-8-7-18(15)22-19(14)10-17(13)20/h3-11,14,19,22H,1-2H3. The molecule has 1 aliphatic heterocycles. The third kappa shape index (κ3) is 1.38. The minimum atomic E-state index is 0.0854. The van der Waals surface area contributed by atoms with Crippen LogP contribution in [0.2, 0.25) is 0 Å². The Hall–Kier alpha value is -2.35. The van der Waals surface area contributed by atoms with Crippen molar-refractivity contribution in [3.05, 3.63) is 77.1 Å². The van der Waals surface area contributed by atoms with Gasteiger partial charge in [0.2, 0.25) is 0 Å². The highest BCUT2D eigenvalue weighted by atomic mass is 15.0. The third-order valence-electron chi connectivity index (χ3n) is 5.47. The zero-order chi connectivity index (χ0) is 14.9. The molecule has 0 amide bonds. The molecule has 2 nitrogen and oxygen atoms in total. The smallest absolute Gasteiger partial charge is 0.0555 e. The zero-order valence-corrected chi connectivity index (χ0v) is 12.8. The van der Waals surface area contributed by atoms with Crippen molar-refractivity contribution in [1.82, 2.24) is 4.98 Å². The first-order valence-electron chi connectivity index (χ1n) is 7.91. The topological polar surface area (TPSA) is 24.9 Å². The summed E-state index contributed by atoms with van der Waals surface area (Å²) in [6, 6.07) is 11.3. The first-order valence-corrected chi connectivity index (χ1v) is 7.91. The molecule has 0 radical (unpaired) electrons. The molecule has 3 aliphatic rings. The van der Waals surface area contributed by atoms with Crippen molar-refractivity contribution in [2.75, 3.05) is 5.32 Å². The zero-order valence-electron chi connectivity index (χ0n) is 12.8. The molecular weight excluding hydrogens is 268 g/mol. The highest BCUT2D eigenvalue weighted by Crippen LogP contribution is 2.54. The minimum Gasteiger partial charge on any atom is -0.378 e. The lowest BCUT2D eigenvalue weighted by Gasteiger charge is -2.28. The van der Waals surface area contributed by atoms with Crippen LogP contribution in [0.4, 0.5) is 5.69 Å². The van der Waals surface area contributed by atoms with Gasteiger partial charge >= 0.3 is 0 Å². The van der Waals surface area contributed by atoms with E-state index in [1.807, 2.05) is 12.4 Å². The summed E-state index contributed by atoms with van der Waals surface area (Å²) in [5.74, 6) is 0.393. The number of aromatic nitrogens is 1. The van der Waals surface area contributed by atoms with Gasteiger partial charge in [-0.3, -0.25) is 4.98 Å². The molecular formula is C20H18N2. The molecule has 2 unspecified atom stereocenters. The summed E-state index contributed by atoms with van der Waals surface area (Å²) in [7, 11) is 0. The second-order valence-corrected chi connectivity index (χ2v) is 6.99. The van der Waals surface area contributed by atoms with Gasteiger partial charge in [0.05, 0.1) is 6.04 Å². The average molecular weight is 286 g/mol. The summed E-state index contributed by atoms with van der Waals surface area (Å²) in [5.41, 5.74) is 8.35. The van der Waals surface area contributed by atoms with Gasteiger partial charge in [0.25, 0.3) is 0 Å². The maximum absolute atomic E-state index is 4.32. The molecule has 108 valence electrons. The van der Waals surface area contributed by atoms with E-state index >= 15 is 0 Å². The molecule has 2 aliphatic carbocycles. The highest BCUT2D eigenvalue weighted by molar-refractivity contribution is 5.92. The van der Waals surface area contributed by atoms with Crippen LogP contribution in [0.3, 0.4) is 0 Å². The van der Waals surface area contributed by atoms with Crippen molar-refractivity contribution in [3.63, 3.8) is 0 Å². The van der Waals surface area contributed by atoms with Crippen molar-refractivity contribution in [3.8, 4) is 0 Å². The predicted molar refractivity (Wildman–Crippen MR) is 89.9 cm³/mol. The van der Waals surface area contributed by atoms with Crippen molar-refractivity contribution in [2.45, 2.75) is 31.2 Å². The van der Waals surface area contributed by atoms with E-state index in [9.17, 15) is 0 Å². The number of hydrogen-bond acceptors (Lipinski definition) is 2. The Morgan fingerprint density at radius 2 is 1.95 bits per heavy atom. The van der Waals surface area contributed by atoms with E-state index < -0.39 is 0 Å². The number of nitrogens with one attached hydrogen (secondary N) is 1. The van der Waals surface area contributed by atoms with E-state index in [0.29, 0.717) is 12.0 Å². The molecule has 2 heteroatoms. The quantitative estimate of drug-likeness (QED) is 0.782. The molecule has 5 rings (SSSR count). The van der Waals surface area contributed by atoms with Crippen LogP contribution in [0.1, 0.15) is 36.5 Å². The lowest BCUT2D eigenvalue weighted by Crippen LogP contribution is -2.24. The van der Waals surface area contributed by atoms with Crippen LogP contribution in [0.15, 0.2) is 60.5 Å². The second kappa shape index (κ2) is 3.89. The Morgan fingerprint density at radius 1 is 1.09 bits per heavy atom. The number of fused-ring (bicyclic) bond motifs is 6. The molecule has 22 heavy (non-hydrogen) atoms. The minimum absolute atomic E-state index is 0.0854. The Morgan fingerprint density at radius 3 is 2.86 bits per heavy atom. The van der Waals surface area contributed by atoms with Gasteiger partial charge < -0.3 is 5.32 Å². The normalized spacial score (nSPS) is 26.1. The number of anilines is 1. The molecule has 0 spiro atoms. The fourth-order valence-electron chi connectivity index (χ4n) is 4.33. The van der Waals surface area contributed by atoms with Crippen LogP contribution in [0, 0.1) is 0 Å². The van der Waals surface area contributed by atoms with Crippen LogP contribution < -0.4 is 5.32 Å². The average Bonchev–Trinajstić information content (AvgIpc) is 3.00. The van der Waals surface area contributed by atoms with E-state index in [-0.39, 0.29) is 5.41 Å². The van der Waals surface area contributed by atoms with Crippen LogP contribution >= 0.6 is 0 Å². The van der Waals surface area contributed by atoms with Crippen LogP contribution in [0.5, 0.6) is 0 Å². The van der Waals surface area contributed by atoms with E-state index in [2.05, 4.69) is 66.6 Å².